The molecule has 3 nitrogen and oxygen atoms in total. The van der Waals surface area contributed by atoms with Crippen LogP contribution in [0.3, 0.4) is 0 Å². The van der Waals surface area contributed by atoms with Crippen LogP contribution < -0.4 is 5.32 Å². The maximum absolute atomic E-state index is 11.3. The zero-order valence-electron chi connectivity index (χ0n) is 8.48. The van der Waals surface area contributed by atoms with E-state index in [2.05, 4.69) is 16.9 Å². The van der Waals surface area contributed by atoms with Crippen molar-refractivity contribution in [1.29, 1.82) is 0 Å². The van der Waals surface area contributed by atoms with E-state index < -0.39 is 0 Å². The minimum atomic E-state index is 0.0469. The Balaban J connectivity index is 2.20. The molecule has 0 aromatic carbocycles. The van der Waals surface area contributed by atoms with Gasteiger partial charge in [0.2, 0.25) is 5.91 Å². The molecule has 0 fully saturated rings. The molecule has 1 aromatic rings. The second kappa shape index (κ2) is 7.06. The summed E-state index contributed by atoms with van der Waals surface area (Å²) in [6, 6.07) is 3.79. The molecule has 0 atom stereocenters. The molecule has 1 N–H and O–H groups in total. The average molecular weight is 222 g/mol. The van der Waals surface area contributed by atoms with Gasteiger partial charge in [-0.15, -0.1) is 18.3 Å². The summed E-state index contributed by atoms with van der Waals surface area (Å²) in [5, 5.41) is 2.82. The highest BCUT2D eigenvalue weighted by Crippen LogP contribution is 1.99. The molecule has 0 bridgehead atoms. The Labute approximate surface area is 94.0 Å². The molecule has 0 aliphatic rings. The lowest BCUT2D eigenvalue weighted by molar-refractivity contribution is -0.118. The largest absolute Gasteiger partial charge is 0.351 e. The first-order valence-corrected chi connectivity index (χ1v) is 5.82. The number of pyridine rings is 1. The summed E-state index contributed by atoms with van der Waals surface area (Å²) in [4.78, 5) is 15.3. The molecule has 1 amide bonds. The van der Waals surface area contributed by atoms with E-state index in [1.54, 1.807) is 30.2 Å². The van der Waals surface area contributed by atoms with Gasteiger partial charge in [-0.05, 0) is 11.6 Å². The van der Waals surface area contributed by atoms with Crippen molar-refractivity contribution in [1.82, 2.24) is 10.3 Å². The van der Waals surface area contributed by atoms with E-state index in [-0.39, 0.29) is 5.91 Å². The van der Waals surface area contributed by atoms with Crippen LogP contribution in [0.4, 0.5) is 0 Å². The van der Waals surface area contributed by atoms with Gasteiger partial charge in [-0.1, -0.05) is 12.1 Å². The van der Waals surface area contributed by atoms with Crippen molar-refractivity contribution in [3.8, 4) is 0 Å². The second-order valence-electron chi connectivity index (χ2n) is 2.94. The maximum Gasteiger partial charge on any atom is 0.230 e. The van der Waals surface area contributed by atoms with Crippen LogP contribution in [-0.4, -0.2) is 22.4 Å². The van der Waals surface area contributed by atoms with Crippen LogP contribution in [0.25, 0.3) is 0 Å². The van der Waals surface area contributed by atoms with Gasteiger partial charge in [0.25, 0.3) is 0 Å². The van der Waals surface area contributed by atoms with Crippen LogP contribution in [0, 0.1) is 0 Å². The van der Waals surface area contributed by atoms with Crippen LogP contribution >= 0.6 is 11.8 Å². The molecule has 0 saturated carbocycles. The average Bonchev–Trinajstić information content (AvgIpc) is 2.28. The Morgan fingerprint density at radius 3 is 3.20 bits per heavy atom. The van der Waals surface area contributed by atoms with Gasteiger partial charge >= 0.3 is 0 Å². The Bertz CT molecular complexity index is 314. The number of amides is 1. The van der Waals surface area contributed by atoms with Crippen LogP contribution in [0.5, 0.6) is 0 Å². The third-order valence-electron chi connectivity index (χ3n) is 1.68. The van der Waals surface area contributed by atoms with E-state index in [1.807, 2.05) is 12.1 Å². The fourth-order valence-electron chi connectivity index (χ4n) is 0.989. The number of rotatable bonds is 6. The molecule has 1 heterocycles. The van der Waals surface area contributed by atoms with E-state index in [4.69, 9.17) is 0 Å². The highest BCUT2D eigenvalue weighted by Gasteiger charge is 2.00. The van der Waals surface area contributed by atoms with Gasteiger partial charge in [0.1, 0.15) is 0 Å². The number of thioether (sulfide) groups is 1. The first-order chi connectivity index (χ1) is 7.33. The van der Waals surface area contributed by atoms with E-state index in [0.717, 1.165) is 11.3 Å². The van der Waals surface area contributed by atoms with Crippen molar-refractivity contribution < 1.29 is 4.79 Å². The van der Waals surface area contributed by atoms with Crippen LogP contribution in [0.1, 0.15) is 5.56 Å². The number of hydrogen-bond acceptors (Lipinski definition) is 3. The smallest absolute Gasteiger partial charge is 0.230 e. The molecule has 15 heavy (non-hydrogen) atoms. The van der Waals surface area contributed by atoms with Gasteiger partial charge in [-0.2, -0.15) is 0 Å². The zero-order valence-corrected chi connectivity index (χ0v) is 9.30. The van der Waals surface area contributed by atoms with Crippen LogP contribution in [0.15, 0.2) is 37.2 Å². The molecular formula is C11H14N2OS. The number of nitrogens with zero attached hydrogens (tertiary/aromatic N) is 1. The lowest BCUT2D eigenvalue weighted by atomic mass is 10.3. The molecule has 0 aliphatic carbocycles. The normalized spacial score (nSPS) is 9.60. The molecule has 0 aliphatic heterocycles. The topological polar surface area (TPSA) is 42.0 Å². The summed E-state index contributed by atoms with van der Waals surface area (Å²) in [5.74, 6) is 1.33. The molecule has 80 valence electrons. The zero-order chi connectivity index (χ0) is 10.9. The minimum Gasteiger partial charge on any atom is -0.351 e. The fraction of sp³-hybridized carbons (Fsp3) is 0.273. The summed E-state index contributed by atoms with van der Waals surface area (Å²) in [6.45, 7) is 4.13. The van der Waals surface area contributed by atoms with Crippen molar-refractivity contribution in [3.63, 3.8) is 0 Å². The molecule has 0 spiro atoms. The van der Waals surface area contributed by atoms with Crippen molar-refractivity contribution in [3.05, 3.63) is 42.7 Å². The van der Waals surface area contributed by atoms with Gasteiger partial charge in [0, 0.05) is 24.7 Å². The van der Waals surface area contributed by atoms with Gasteiger partial charge in [0.15, 0.2) is 0 Å². The first-order valence-electron chi connectivity index (χ1n) is 4.67. The minimum absolute atomic E-state index is 0.0469. The summed E-state index contributed by atoms with van der Waals surface area (Å²) in [5.41, 5.74) is 1.01. The van der Waals surface area contributed by atoms with Crippen LogP contribution in [-0.2, 0) is 11.3 Å². The number of aromatic nitrogens is 1. The van der Waals surface area contributed by atoms with Gasteiger partial charge in [-0.25, -0.2) is 0 Å². The van der Waals surface area contributed by atoms with E-state index >= 15 is 0 Å². The van der Waals surface area contributed by atoms with Crippen molar-refractivity contribution >= 4 is 17.7 Å². The number of hydrogen-bond donors (Lipinski definition) is 1. The molecule has 1 aromatic heterocycles. The summed E-state index contributed by atoms with van der Waals surface area (Å²) in [6.07, 6.45) is 5.25. The molecule has 4 heteroatoms. The van der Waals surface area contributed by atoms with Crippen LogP contribution in [0.2, 0.25) is 0 Å². The Morgan fingerprint density at radius 1 is 1.67 bits per heavy atom. The highest BCUT2D eigenvalue weighted by atomic mass is 32.2. The summed E-state index contributed by atoms with van der Waals surface area (Å²) in [7, 11) is 0. The first kappa shape index (κ1) is 11.8. The maximum atomic E-state index is 11.3. The molecule has 1 rings (SSSR count). The van der Waals surface area contributed by atoms with Crippen molar-refractivity contribution in [2.45, 2.75) is 6.54 Å². The summed E-state index contributed by atoms with van der Waals surface area (Å²) < 4.78 is 0. The predicted molar refractivity (Wildman–Crippen MR) is 63.6 cm³/mol. The Morgan fingerprint density at radius 2 is 2.53 bits per heavy atom. The Hall–Kier alpha value is -1.29. The SMILES string of the molecule is C=CCSCC(=O)NCc1cccnc1. The number of carbonyl (C=O) groups excluding carboxylic acids is 1. The molecule has 0 radical (unpaired) electrons. The lowest BCUT2D eigenvalue weighted by Crippen LogP contribution is -2.24. The summed E-state index contributed by atoms with van der Waals surface area (Å²) >= 11 is 1.55. The predicted octanol–water partition coefficient (Wildman–Crippen LogP) is 1.62. The highest BCUT2D eigenvalue weighted by molar-refractivity contribution is 8.00. The fourth-order valence-corrected chi connectivity index (χ4v) is 1.56. The van der Waals surface area contributed by atoms with Gasteiger partial charge in [-0.3, -0.25) is 9.78 Å². The quantitative estimate of drug-likeness (QED) is 0.587. The van der Waals surface area contributed by atoms with E-state index in [9.17, 15) is 4.79 Å². The standard InChI is InChI=1S/C11H14N2OS/c1-2-6-15-9-11(14)13-8-10-4-3-5-12-7-10/h2-5,7H,1,6,8-9H2,(H,13,14). The number of nitrogens with one attached hydrogen (secondary N) is 1. The van der Waals surface area contributed by atoms with Gasteiger partial charge in [0.05, 0.1) is 5.75 Å². The second-order valence-corrected chi connectivity index (χ2v) is 3.97. The van der Waals surface area contributed by atoms with Crippen molar-refractivity contribution in [2.75, 3.05) is 11.5 Å². The Kier molecular flexibility index (Phi) is 5.55. The third-order valence-corrected chi connectivity index (χ3v) is 2.62. The monoisotopic (exact) mass is 222 g/mol. The van der Waals surface area contributed by atoms with E-state index in [0.29, 0.717) is 12.3 Å². The number of carbonyl (C=O) groups is 1. The van der Waals surface area contributed by atoms with Crippen molar-refractivity contribution in [2.24, 2.45) is 0 Å². The van der Waals surface area contributed by atoms with E-state index in [1.165, 1.54) is 0 Å². The lowest BCUT2D eigenvalue weighted by Gasteiger charge is -2.03. The van der Waals surface area contributed by atoms with Gasteiger partial charge < -0.3 is 5.32 Å². The molecule has 0 unspecified atom stereocenters. The third kappa shape index (κ3) is 5.22. The molecule has 0 saturated heterocycles. The molecular weight excluding hydrogens is 208 g/mol.